The fourth-order valence-electron chi connectivity index (χ4n) is 2.69. The van der Waals surface area contributed by atoms with Gasteiger partial charge in [0.1, 0.15) is 5.56 Å². The first-order valence-electron chi connectivity index (χ1n) is 6.73. The second-order valence-electron chi connectivity index (χ2n) is 5.16. The Bertz CT molecular complexity index is 718. The largest absolute Gasteiger partial charge is 0.364 e. The van der Waals surface area contributed by atoms with E-state index in [4.69, 9.17) is 0 Å². The highest BCUT2D eigenvalue weighted by atomic mass is 16.2. The van der Waals surface area contributed by atoms with Gasteiger partial charge in [-0.25, -0.2) is 0 Å². The zero-order chi connectivity index (χ0) is 14.1. The van der Waals surface area contributed by atoms with E-state index in [0.717, 1.165) is 24.1 Å². The van der Waals surface area contributed by atoms with Gasteiger partial charge in [0, 0.05) is 18.0 Å². The molecule has 0 fully saturated rings. The number of hydrogen-bond acceptors (Lipinski definition) is 2. The molecule has 1 atom stereocenters. The molecule has 3 rings (SSSR count). The van der Waals surface area contributed by atoms with Crippen LogP contribution in [0.25, 0.3) is 0 Å². The molecule has 4 heteroatoms. The van der Waals surface area contributed by atoms with Crippen molar-refractivity contribution in [2.24, 2.45) is 0 Å². The number of fused-ring (bicyclic) bond motifs is 1. The van der Waals surface area contributed by atoms with Gasteiger partial charge < -0.3 is 10.3 Å². The molecule has 0 saturated carbocycles. The predicted molar refractivity (Wildman–Crippen MR) is 76.8 cm³/mol. The Labute approximate surface area is 116 Å². The van der Waals surface area contributed by atoms with Gasteiger partial charge in [-0.15, -0.1) is 0 Å². The van der Waals surface area contributed by atoms with Gasteiger partial charge in [-0.05, 0) is 30.9 Å². The quantitative estimate of drug-likeness (QED) is 0.876. The number of pyridine rings is 1. The second-order valence-corrected chi connectivity index (χ2v) is 5.16. The number of H-pyrrole nitrogens is 1. The molecule has 2 N–H and O–H groups in total. The third-order valence-corrected chi connectivity index (χ3v) is 3.74. The normalized spacial score (nSPS) is 16.8. The van der Waals surface area contributed by atoms with Gasteiger partial charge in [0.15, 0.2) is 5.43 Å². The third-order valence-electron chi connectivity index (χ3n) is 3.74. The summed E-state index contributed by atoms with van der Waals surface area (Å²) in [6.07, 6.45) is 3.33. The molecule has 20 heavy (non-hydrogen) atoms. The molecule has 1 unspecified atom stereocenters. The van der Waals surface area contributed by atoms with Crippen LogP contribution in [0.4, 0.5) is 0 Å². The van der Waals surface area contributed by atoms with E-state index in [1.54, 1.807) is 6.92 Å². The molecule has 102 valence electrons. The Balaban J connectivity index is 1.82. The zero-order valence-electron chi connectivity index (χ0n) is 11.3. The van der Waals surface area contributed by atoms with Crippen LogP contribution < -0.4 is 10.7 Å². The van der Waals surface area contributed by atoms with Gasteiger partial charge in [0.05, 0.1) is 6.04 Å². The maximum Gasteiger partial charge on any atom is 0.257 e. The van der Waals surface area contributed by atoms with Gasteiger partial charge in [0.2, 0.25) is 0 Å². The average molecular weight is 268 g/mol. The lowest BCUT2D eigenvalue weighted by atomic mass is 10.1. The van der Waals surface area contributed by atoms with Crippen LogP contribution in [0, 0.1) is 6.92 Å². The molecule has 0 saturated heterocycles. The van der Waals surface area contributed by atoms with Gasteiger partial charge in [-0.3, -0.25) is 9.59 Å². The Morgan fingerprint density at radius 3 is 2.95 bits per heavy atom. The van der Waals surface area contributed by atoms with Crippen molar-refractivity contribution in [3.05, 3.63) is 69.1 Å². The maximum atomic E-state index is 12.2. The van der Waals surface area contributed by atoms with Gasteiger partial charge in [-0.1, -0.05) is 24.3 Å². The van der Waals surface area contributed by atoms with E-state index in [1.165, 1.54) is 17.8 Å². The molecular weight excluding hydrogens is 252 g/mol. The van der Waals surface area contributed by atoms with E-state index < -0.39 is 0 Å². The minimum atomic E-state index is -0.312. The second kappa shape index (κ2) is 4.96. The molecule has 0 bridgehead atoms. The number of aromatic nitrogens is 1. The van der Waals surface area contributed by atoms with Crippen LogP contribution in [-0.2, 0) is 6.42 Å². The smallest absolute Gasteiger partial charge is 0.257 e. The molecule has 0 aliphatic heterocycles. The van der Waals surface area contributed by atoms with E-state index in [1.807, 2.05) is 18.2 Å². The van der Waals surface area contributed by atoms with Gasteiger partial charge in [-0.2, -0.15) is 0 Å². The molecule has 1 amide bonds. The highest BCUT2D eigenvalue weighted by molar-refractivity contribution is 5.94. The molecule has 1 aromatic heterocycles. The lowest BCUT2D eigenvalue weighted by molar-refractivity contribution is 0.0935. The number of hydrogen-bond donors (Lipinski definition) is 2. The van der Waals surface area contributed by atoms with Crippen molar-refractivity contribution < 1.29 is 4.79 Å². The minimum absolute atomic E-state index is 0.000553. The van der Waals surface area contributed by atoms with Gasteiger partial charge in [0.25, 0.3) is 5.91 Å². The summed E-state index contributed by atoms with van der Waals surface area (Å²) in [7, 11) is 0. The highest BCUT2D eigenvalue weighted by Gasteiger charge is 2.24. The van der Waals surface area contributed by atoms with Gasteiger partial charge >= 0.3 is 0 Å². The Kier molecular flexibility index (Phi) is 3.14. The third kappa shape index (κ3) is 2.25. The molecule has 1 aliphatic rings. The Morgan fingerprint density at radius 1 is 1.35 bits per heavy atom. The van der Waals surface area contributed by atoms with Crippen molar-refractivity contribution in [2.45, 2.75) is 25.8 Å². The number of benzene rings is 1. The maximum absolute atomic E-state index is 12.2. The number of carbonyl (C=O) groups is 1. The molecule has 2 aromatic rings. The van der Waals surface area contributed by atoms with Crippen molar-refractivity contribution in [1.29, 1.82) is 0 Å². The lowest BCUT2D eigenvalue weighted by Gasteiger charge is -2.13. The van der Waals surface area contributed by atoms with E-state index >= 15 is 0 Å². The van der Waals surface area contributed by atoms with Crippen LogP contribution >= 0.6 is 0 Å². The summed E-state index contributed by atoms with van der Waals surface area (Å²) >= 11 is 0. The predicted octanol–water partition coefficient (Wildman–Crippen LogP) is 2.10. The monoisotopic (exact) mass is 268 g/mol. The standard InChI is InChI=1S/C16H16N2O2/c1-10-8-15(19)13(9-17-10)16(20)18-14-7-6-11-4-2-3-5-12(11)14/h2-5,8-9,14H,6-7H2,1H3,(H,17,19)(H,18,20). The molecule has 0 spiro atoms. The number of carbonyl (C=O) groups excluding carboxylic acids is 1. The van der Waals surface area contributed by atoms with E-state index in [0.29, 0.717) is 0 Å². The molecule has 1 aliphatic carbocycles. The summed E-state index contributed by atoms with van der Waals surface area (Å²) in [4.78, 5) is 26.9. The van der Waals surface area contributed by atoms with E-state index in [2.05, 4.69) is 16.4 Å². The zero-order valence-corrected chi connectivity index (χ0v) is 11.3. The van der Waals surface area contributed by atoms with Crippen LogP contribution in [0.3, 0.4) is 0 Å². The summed E-state index contributed by atoms with van der Waals surface area (Å²) in [5.74, 6) is -0.312. The SMILES string of the molecule is Cc1cc(=O)c(C(=O)NC2CCc3ccccc32)c[nH]1. The number of nitrogens with one attached hydrogen (secondary N) is 2. The number of amides is 1. The molecule has 0 radical (unpaired) electrons. The lowest BCUT2D eigenvalue weighted by Crippen LogP contribution is -2.31. The molecular formula is C16H16N2O2. The van der Waals surface area contributed by atoms with Crippen LogP contribution in [0.15, 0.2) is 41.3 Å². The van der Waals surface area contributed by atoms with Crippen molar-refractivity contribution in [2.75, 3.05) is 0 Å². The summed E-state index contributed by atoms with van der Waals surface area (Å²) in [5, 5.41) is 2.95. The van der Waals surface area contributed by atoms with Crippen molar-refractivity contribution in [1.82, 2.24) is 10.3 Å². The van der Waals surface area contributed by atoms with Crippen LogP contribution in [0.2, 0.25) is 0 Å². The van der Waals surface area contributed by atoms with Crippen LogP contribution in [0.5, 0.6) is 0 Å². The molecule has 1 heterocycles. The fraction of sp³-hybridized carbons (Fsp3) is 0.250. The average Bonchev–Trinajstić information content (AvgIpc) is 2.82. The fourth-order valence-corrected chi connectivity index (χ4v) is 2.69. The minimum Gasteiger partial charge on any atom is -0.364 e. The summed E-state index contributed by atoms with van der Waals surface area (Å²) in [6, 6.07) is 9.54. The summed E-state index contributed by atoms with van der Waals surface area (Å²) < 4.78 is 0. The number of aryl methyl sites for hydroxylation is 2. The van der Waals surface area contributed by atoms with Crippen LogP contribution in [0.1, 0.15) is 39.6 Å². The first-order valence-corrected chi connectivity index (χ1v) is 6.73. The molecule has 1 aromatic carbocycles. The van der Waals surface area contributed by atoms with Crippen molar-refractivity contribution in [3.8, 4) is 0 Å². The summed E-state index contributed by atoms with van der Waals surface area (Å²) in [5.41, 5.74) is 3.10. The first kappa shape index (κ1) is 12.7. The number of aromatic amines is 1. The Hall–Kier alpha value is -2.36. The topological polar surface area (TPSA) is 62.0 Å². The molecule has 4 nitrogen and oxygen atoms in total. The van der Waals surface area contributed by atoms with Crippen LogP contribution in [-0.4, -0.2) is 10.9 Å². The highest BCUT2D eigenvalue weighted by Crippen LogP contribution is 2.30. The first-order chi connectivity index (χ1) is 9.65. The summed E-state index contributed by atoms with van der Waals surface area (Å²) in [6.45, 7) is 1.79. The Morgan fingerprint density at radius 2 is 2.15 bits per heavy atom. The van der Waals surface area contributed by atoms with E-state index in [-0.39, 0.29) is 22.9 Å². The van der Waals surface area contributed by atoms with E-state index in [9.17, 15) is 9.59 Å². The van der Waals surface area contributed by atoms with Crippen molar-refractivity contribution in [3.63, 3.8) is 0 Å². The number of rotatable bonds is 2. The van der Waals surface area contributed by atoms with Crippen molar-refractivity contribution >= 4 is 5.91 Å².